The number of anilines is 1. The van der Waals surface area contributed by atoms with Gasteiger partial charge in [0.2, 0.25) is 0 Å². The summed E-state index contributed by atoms with van der Waals surface area (Å²) in [5, 5.41) is 14.1. The Balaban J connectivity index is 3.09. The molecule has 0 fully saturated rings. The Morgan fingerprint density at radius 2 is 1.95 bits per heavy atom. The maximum Gasteiger partial charge on any atom is 0.333 e. The molecule has 0 saturated heterocycles. The molecule has 0 aliphatic carbocycles. The van der Waals surface area contributed by atoms with E-state index in [4.69, 9.17) is 4.74 Å². The Labute approximate surface area is 124 Å². The highest BCUT2D eigenvalue weighted by Gasteiger charge is 2.23. The number of nitrogens with one attached hydrogen (secondary N) is 1. The molecule has 0 aromatic heterocycles. The fraction of sp³-hybridized carbons (Fsp3) is 0.538. The van der Waals surface area contributed by atoms with Gasteiger partial charge in [-0.1, -0.05) is 6.07 Å². The molecule has 1 unspecified atom stereocenters. The van der Waals surface area contributed by atoms with Gasteiger partial charge in [0.15, 0.2) is 5.75 Å². The summed E-state index contributed by atoms with van der Waals surface area (Å²) in [4.78, 5) is 10.7. The predicted octanol–water partition coefficient (Wildman–Crippen LogP) is 2.23. The van der Waals surface area contributed by atoms with Crippen LogP contribution in [0.25, 0.3) is 0 Å². The normalized spacial score (nSPS) is 13.0. The van der Waals surface area contributed by atoms with Gasteiger partial charge in [0.05, 0.1) is 16.8 Å². The van der Waals surface area contributed by atoms with Gasteiger partial charge in [-0.25, -0.2) is 8.42 Å². The van der Waals surface area contributed by atoms with Gasteiger partial charge in [-0.15, -0.1) is 0 Å². The van der Waals surface area contributed by atoms with Crippen molar-refractivity contribution in [2.45, 2.75) is 32.9 Å². The lowest BCUT2D eigenvalue weighted by Crippen LogP contribution is -2.25. The first-order valence-corrected chi connectivity index (χ1v) is 8.54. The minimum Gasteiger partial charge on any atom is -0.484 e. The standard InChI is InChI=1S/C13H20N2O5S/c1-9(2)20-12-7-5-6-11(13(12)15(16)17)14-10(3)8-21(4,18)19/h5-7,9-10,14H,8H2,1-4H3. The number of ether oxygens (including phenoxy) is 1. The minimum absolute atomic E-state index is 0.112. The van der Waals surface area contributed by atoms with E-state index in [-0.39, 0.29) is 29.0 Å². The average molecular weight is 316 g/mol. The number of sulfone groups is 1. The summed E-state index contributed by atoms with van der Waals surface area (Å²) in [5.41, 5.74) is 0.0563. The summed E-state index contributed by atoms with van der Waals surface area (Å²) in [6.07, 6.45) is 0.921. The van der Waals surface area contributed by atoms with Crippen LogP contribution in [0.5, 0.6) is 5.75 Å². The largest absolute Gasteiger partial charge is 0.484 e. The van der Waals surface area contributed by atoms with Crippen molar-refractivity contribution in [3.63, 3.8) is 0 Å². The molecule has 1 N–H and O–H groups in total. The van der Waals surface area contributed by atoms with Crippen LogP contribution >= 0.6 is 0 Å². The van der Waals surface area contributed by atoms with Crippen LogP contribution in [0.2, 0.25) is 0 Å². The van der Waals surface area contributed by atoms with E-state index >= 15 is 0 Å². The lowest BCUT2D eigenvalue weighted by Gasteiger charge is -2.16. The SMILES string of the molecule is CC(CS(C)(=O)=O)Nc1cccc(OC(C)C)c1[N+](=O)[O-]. The van der Waals surface area contributed by atoms with Crippen LogP contribution in [0.1, 0.15) is 20.8 Å². The van der Waals surface area contributed by atoms with Crippen LogP contribution < -0.4 is 10.1 Å². The van der Waals surface area contributed by atoms with Crippen molar-refractivity contribution in [2.24, 2.45) is 0 Å². The van der Waals surface area contributed by atoms with Crippen molar-refractivity contribution in [2.75, 3.05) is 17.3 Å². The number of nitro benzene ring substituents is 1. The monoisotopic (exact) mass is 316 g/mol. The van der Waals surface area contributed by atoms with Crippen LogP contribution in [0.3, 0.4) is 0 Å². The predicted molar refractivity (Wildman–Crippen MR) is 81.7 cm³/mol. The number of para-hydroxylation sites is 1. The maximum absolute atomic E-state index is 11.3. The first-order valence-electron chi connectivity index (χ1n) is 6.48. The average Bonchev–Trinajstić information content (AvgIpc) is 2.24. The number of rotatable bonds is 7. The summed E-state index contributed by atoms with van der Waals surface area (Å²) in [7, 11) is -3.17. The van der Waals surface area contributed by atoms with Crippen LogP contribution in [0, 0.1) is 10.1 Å². The van der Waals surface area contributed by atoms with Gasteiger partial charge in [-0.2, -0.15) is 0 Å². The second kappa shape index (κ2) is 6.75. The van der Waals surface area contributed by atoms with E-state index in [0.717, 1.165) is 6.26 Å². The highest BCUT2D eigenvalue weighted by molar-refractivity contribution is 7.90. The molecule has 0 radical (unpaired) electrons. The number of nitrogens with zero attached hydrogens (tertiary/aromatic N) is 1. The molecule has 0 aliphatic rings. The smallest absolute Gasteiger partial charge is 0.333 e. The minimum atomic E-state index is -3.17. The summed E-state index contributed by atoms with van der Waals surface area (Å²) in [6, 6.07) is 4.22. The molecule has 0 amide bonds. The van der Waals surface area contributed by atoms with Gasteiger partial charge in [-0.3, -0.25) is 10.1 Å². The van der Waals surface area contributed by atoms with Gasteiger partial charge >= 0.3 is 5.69 Å². The highest BCUT2D eigenvalue weighted by atomic mass is 32.2. The van der Waals surface area contributed by atoms with E-state index < -0.39 is 20.8 Å². The fourth-order valence-electron chi connectivity index (χ4n) is 1.94. The number of hydrogen-bond donors (Lipinski definition) is 1. The van der Waals surface area contributed by atoms with Crippen LogP contribution in [-0.4, -0.2) is 37.5 Å². The Bertz CT molecular complexity index is 613. The Morgan fingerprint density at radius 3 is 2.43 bits per heavy atom. The van der Waals surface area contributed by atoms with Crippen molar-refractivity contribution in [1.82, 2.24) is 0 Å². The molecule has 7 nitrogen and oxygen atoms in total. The molecule has 1 aromatic rings. The molecule has 0 saturated carbocycles. The van der Waals surface area contributed by atoms with E-state index in [2.05, 4.69) is 5.32 Å². The van der Waals surface area contributed by atoms with Gasteiger partial charge in [0.1, 0.15) is 15.5 Å². The van der Waals surface area contributed by atoms with Crippen LogP contribution in [-0.2, 0) is 9.84 Å². The molecular weight excluding hydrogens is 296 g/mol. The van der Waals surface area contributed by atoms with Crippen molar-refractivity contribution >= 4 is 21.2 Å². The van der Waals surface area contributed by atoms with E-state index in [1.54, 1.807) is 26.8 Å². The molecule has 0 spiro atoms. The third-order valence-corrected chi connectivity index (χ3v) is 3.60. The summed E-state index contributed by atoms with van der Waals surface area (Å²) >= 11 is 0. The molecule has 21 heavy (non-hydrogen) atoms. The third-order valence-electron chi connectivity index (χ3n) is 2.50. The quantitative estimate of drug-likeness (QED) is 0.612. The van der Waals surface area contributed by atoms with Gasteiger partial charge in [0.25, 0.3) is 0 Å². The summed E-state index contributed by atoms with van der Waals surface area (Å²) < 4.78 is 28.0. The van der Waals surface area contributed by atoms with E-state index in [0.29, 0.717) is 0 Å². The fourth-order valence-corrected chi connectivity index (χ4v) is 2.93. The van der Waals surface area contributed by atoms with Crippen molar-refractivity contribution in [1.29, 1.82) is 0 Å². The zero-order valence-corrected chi connectivity index (χ0v) is 13.3. The second-order valence-electron chi connectivity index (χ2n) is 5.21. The van der Waals surface area contributed by atoms with Gasteiger partial charge in [0, 0.05) is 12.3 Å². The zero-order valence-electron chi connectivity index (χ0n) is 12.5. The molecule has 118 valence electrons. The molecule has 1 rings (SSSR count). The lowest BCUT2D eigenvalue weighted by atomic mass is 10.2. The van der Waals surface area contributed by atoms with Gasteiger partial charge in [-0.05, 0) is 32.9 Å². The zero-order chi connectivity index (χ0) is 16.2. The highest BCUT2D eigenvalue weighted by Crippen LogP contribution is 2.35. The summed E-state index contributed by atoms with van der Waals surface area (Å²) in [6.45, 7) is 5.20. The first kappa shape index (κ1) is 17.2. The topological polar surface area (TPSA) is 98.5 Å². The van der Waals surface area contributed by atoms with Crippen molar-refractivity contribution in [3.05, 3.63) is 28.3 Å². The number of nitro groups is 1. The number of benzene rings is 1. The van der Waals surface area contributed by atoms with Crippen LogP contribution in [0.15, 0.2) is 18.2 Å². The third kappa shape index (κ3) is 5.58. The van der Waals surface area contributed by atoms with E-state index in [1.165, 1.54) is 12.1 Å². The Morgan fingerprint density at radius 1 is 1.33 bits per heavy atom. The molecule has 1 aromatic carbocycles. The molecular formula is C13H20N2O5S. The van der Waals surface area contributed by atoms with Crippen LogP contribution in [0.4, 0.5) is 11.4 Å². The second-order valence-corrected chi connectivity index (χ2v) is 7.40. The maximum atomic E-state index is 11.3. The summed E-state index contributed by atoms with van der Waals surface area (Å²) in [5.74, 6) is 0.0472. The van der Waals surface area contributed by atoms with E-state index in [1.807, 2.05) is 0 Å². The molecule has 0 heterocycles. The lowest BCUT2D eigenvalue weighted by molar-refractivity contribution is -0.385. The molecule has 0 bridgehead atoms. The van der Waals surface area contributed by atoms with Gasteiger partial charge < -0.3 is 10.1 Å². The molecule has 8 heteroatoms. The number of hydrogen-bond acceptors (Lipinski definition) is 6. The Hall–Kier alpha value is -1.83. The van der Waals surface area contributed by atoms with E-state index in [9.17, 15) is 18.5 Å². The van der Waals surface area contributed by atoms with Crippen molar-refractivity contribution < 1.29 is 18.1 Å². The Kier molecular flexibility index (Phi) is 5.54. The molecule has 0 aliphatic heterocycles. The first-order chi connectivity index (χ1) is 9.60. The molecule has 1 atom stereocenters. The van der Waals surface area contributed by atoms with Crippen molar-refractivity contribution in [3.8, 4) is 5.75 Å².